The Morgan fingerprint density at radius 2 is 2.22 bits per heavy atom. The first-order valence-electron chi connectivity index (χ1n) is 6.47. The molecule has 96 valence electrons. The lowest BCUT2D eigenvalue weighted by Crippen LogP contribution is -2.61. The molecule has 3 unspecified atom stereocenters. The predicted octanol–water partition coefficient (Wildman–Crippen LogP) is 1.67. The van der Waals surface area contributed by atoms with Crippen molar-refractivity contribution in [2.24, 2.45) is 0 Å². The van der Waals surface area contributed by atoms with E-state index in [1.54, 1.807) is 4.90 Å². The highest BCUT2D eigenvalue weighted by molar-refractivity contribution is 5.66. The Kier molecular flexibility index (Phi) is 2.74. The number of carboxylic acid groups (broad SMARTS) is 1. The molecule has 4 rings (SSSR count). The third kappa shape index (κ3) is 1.77. The van der Waals surface area contributed by atoms with E-state index in [4.69, 9.17) is 0 Å². The zero-order valence-corrected chi connectivity index (χ0v) is 10.5. The Morgan fingerprint density at radius 3 is 3.00 bits per heavy atom. The van der Waals surface area contributed by atoms with E-state index < -0.39 is 6.09 Å². The molecule has 1 saturated heterocycles. The highest BCUT2D eigenvalue weighted by Crippen LogP contribution is 2.31. The number of piperazine rings is 1. The van der Waals surface area contributed by atoms with Crippen LogP contribution in [-0.4, -0.2) is 41.3 Å². The molecule has 0 aliphatic carbocycles. The second-order valence-corrected chi connectivity index (χ2v) is 5.30. The molecule has 3 heterocycles. The van der Waals surface area contributed by atoms with Crippen LogP contribution in [0.1, 0.15) is 24.0 Å². The number of nitrogens with zero attached hydrogens (tertiary/aromatic N) is 1. The maximum absolute atomic E-state index is 11.4. The van der Waals surface area contributed by atoms with E-state index in [-0.39, 0.29) is 18.0 Å². The summed E-state index contributed by atoms with van der Waals surface area (Å²) in [6.45, 7) is 3.48. The minimum Gasteiger partial charge on any atom is -0.465 e. The van der Waals surface area contributed by atoms with E-state index in [9.17, 15) is 9.90 Å². The summed E-state index contributed by atoms with van der Waals surface area (Å²) >= 11 is 0. The SMILES string of the molecule is CC1c2ccccc2CC2CN(C(=O)O)C1CN2. The van der Waals surface area contributed by atoms with Gasteiger partial charge in [-0.3, -0.25) is 0 Å². The molecule has 0 aromatic heterocycles. The van der Waals surface area contributed by atoms with Gasteiger partial charge in [-0.15, -0.1) is 0 Å². The van der Waals surface area contributed by atoms with Crippen LogP contribution in [0.2, 0.25) is 0 Å². The summed E-state index contributed by atoms with van der Waals surface area (Å²) in [5.74, 6) is 0.242. The van der Waals surface area contributed by atoms with Crippen LogP contribution in [0.15, 0.2) is 24.3 Å². The lowest BCUT2D eigenvalue weighted by Gasteiger charge is -2.44. The Labute approximate surface area is 107 Å². The Balaban J connectivity index is 2.04. The third-order valence-electron chi connectivity index (χ3n) is 4.27. The van der Waals surface area contributed by atoms with Gasteiger partial charge in [-0.1, -0.05) is 31.2 Å². The van der Waals surface area contributed by atoms with Crippen molar-refractivity contribution < 1.29 is 9.90 Å². The summed E-state index contributed by atoms with van der Waals surface area (Å²) in [5, 5.41) is 12.8. The molecule has 1 aromatic carbocycles. The molecule has 1 amide bonds. The molecule has 3 atom stereocenters. The Bertz CT molecular complexity index is 475. The summed E-state index contributed by atoms with van der Waals surface area (Å²) in [6, 6.07) is 8.70. The van der Waals surface area contributed by atoms with E-state index in [1.165, 1.54) is 11.1 Å². The molecule has 3 aliphatic rings. The zero-order valence-electron chi connectivity index (χ0n) is 10.5. The van der Waals surface area contributed by atoms with Gasteiger partial charge in [-0.05, 0) is 17.5 Å². The molecule has 0 spiro atoms. The van der Waals surface area contributed by atoms with E-state index in [0.29, 0.717) is 6.54 Å². The van der Waals surface area contributed by atoms with Crippen molar-refractivity contribution in [3.8, 4) is 0 Å². The van der Waals surface area contributed by atoms with Crippen LogP contribution in [-0.2, 0) is 6.42 Å². The van der Waals surface area contributed by atoms with Crippen molar-refractivity contribution in [1.82, 2.24) is 10.2 Å². The minimum atomic E-state index is -0.794. The van der Waals surface area contributed by atoms with Gasteiger partial charge in [-0.2, -0.15) is 0 Å². The maximum Gasteiger partial charge on any atom is 0.407 e. The van der Waals surface area contributed by atoms with Crippen LogP contribution >= 0.6 is 0 Å². The third-order valence-corrected chi connectivity index (χ3v) is 4.27. The second kappa shape index (κ2) is 4.28. The normalized spacial score (nSPS) is 30.5. The maximum atomic E-state index is 11.4. The molecular formula is C14H18N2O2. The molecular weight excluding hydrogens is 228 g/mol. The average Bonchev–Trinajstić information content (AvgIpc) is 2.36. The Morgan fingerprint density at radius 1 is 1.44 bits per heavy atom. The number of amides is 1. The Hall–Kier alpha value is -1.55. The number of hydrogen-bond acceptors (Lipinski definition) is 2. The van der Waals surface area contributed by atoms with Crippen LogP contribution in [0.25, 0.3) is 0 Å². The summed E-state index contributed by atoms with van der Waals surface area (Å²) in [5.41, 5.74) is 2.66. The number of benzene rings is 1. The fraction of sp³-hybridized carbons (Fsp3) is 0.500. The van der Waals surface area contributed by atoms with Crippen LogP contribution in [0, 0.1) is 0 Å². The van der Waals surface area contributed by atoms with Crippen LogP contribution in [0.5, 0.6) is 0 Å². The van der Waals surface area contributed by atoms with Gasteiger partial charge < -0.3 is 15.3 Å². The first-order valence-corrected chi connectivity index (χ1v) is 6.47. The summed E-state index contributed by atoms with van der Waals surface area (Å²) in [7, 11) is 0. The van der Waals surface area contributed by atoms with Crippen LogP contribution in [0.4, 0.5) is 4.79 Å². The molecule has 0 radical (unpaired) electrons. The van der Waals surface area contributed by atoms with Gasteiger partial charge in [0.2, 0.25) is 0 Å². The van der Waals surface area contributed by atoms with Crippen molar-refractivity contribution in [3.05, 3.63) is 35.4 Å². The fourth-order valence-corrected chi connectivity index (χ4v) is 3.28. The van der Waals surface area contributed by atoms with Gasteiger partial charge in [0.15, 0.2) is 0 Å². The molecule has 2 N–H and O–H groups in total. The van der Waals surface area contributed by atoms with Gasteiger partial charge in [0.1, 0.15) is 0 Å². The van der Waals surface area contributed by atoms with Crippen LogP contribution < -0.4 is 5.32 Å². The monoisotopic (exact) mass is 246 g/mol. The molecule has 1 aromatic rings. The van der Waals surface area contributed by atoms with Gasteiger partial charge in [0.05, 0.1) is 6.04 Å². The number of fused-ring (bicyclic) bond motifs is 2. The standard InChI is InChI=1S/C14H18N2O2/c1-9-12-5-3-2-4-10(12)6-11-8-16(14(17)18)13(9)7-15-11/h2-5,9,11,13,15H,6-8H2,1H3,(H,17,18). The van der Waals surface area contributed by atoms with E-state index in [0.717, 1.165) is 13.0 Å². The highest BCUT2D eigenvalue weighted by atomic mass is 16.4. The van der Waals surface area contributed by atoms with Crippen molar-refractivity contribution in [2.45, 2.75) is 31.3 Å². The molecule has 3 aliphatic heterocycles. The van der Waals surface area contributed by atoms with E-state index in [1.807, 2.05) is 6.07 Å². The molecule has 18 heavy (non-hydrogen) atoms. The predicted molar refractivity (Wildman–Crippen MR) is 68.9 cm³/mol. The smallest absolute Gasteiger partial charge is 0.407 e. The zero-order chi connectivity index (χ0) is 12.7. The van der Waals surface area contributed by atoms with Crippen molar-refractivity contribution in [2.75, 3.05) is 13.1 Å². The minimum absolute atomic E-state index is 0.0419. The number of nitrogens with one attached hydrogen (secondary N) is 1. The molecule has 2 bridgehead atoms. The largest absolute Gasteiger partial charge is 0.465 e. The van der Waals surface area contributed by atoms with Crippen molar-refractivity contribution >= 4 is 6.09 Å². The van der Waals surface area contributed by atoms with Gasteiger partial charge >= 0.3 is 6.09 Å². The quantitative estimate of drug-likeness (QED) is 0.732. The molecule has 0 saturated carbocycles. The van der Waals surface area contributed by atoms with Gasteiger partial charge in [-0.25, -0.2) is 4.79 Å². The first-order chi connectivity index (χ1) is 8.66. The van der Waals surface area contributed by atoms with Crippen molar-refractivity contribution in [3.63, 3.8) is 0 Å². The topological polar surface area (TPSA) is 52.6 Å². The average molecular weight is 246 g/mol. The number of rotatable bonds is 0. The number of hydrogen-bond donors (Lipinski definition) is 2. The molecule has 4 heteroatoms. The summed E-state index contributed by atoms with van der Waals surface area (Å²) < 4.78 is 0. The lowest BCUT2D eigenvalue weighted by atomic mass is 9.82. The summed E-state index contributed by atoms with van der Waals surface area (Å²) in [6.07, 6.45) is 0.120. The van der Waals surface area contributed by atoms with Gasteiger partial charge in [0, 0.05) is 25.0 Å². The summed E-state index contributed by atoms with van der Waals surface area (Å²) in [4.78, 5) is 13.0. The first kappa shape index (κ1) is 11.5. The second-order valence-electron chi connectivity index (χ2n) is 5.30. The van der Waals surface area contributed by atoms with Crippen molar-refractivity contribution in [1.29, 1.82) is 0 Å². The lowest BCUT2D eigenvalue weighted by molar-refractivity contribution is 0.0872. The van der Waals surface area contributed by atoms with E-state index in [2.05, 4.69) is 30.4 Å². The van der Waals surface area contributed by atoms with Gasteiger partial charge in [0.25, 0.3) is 0 Å². The fourth-order valence-electron chi connectivity index (χ4n) is 3.28. The highest BCUT2D eigenvalue weighted by Gasteiger charge is 2.38. The molecule has 1 fully saturated rings. The van der Waals surface area contributed by atoms with Crippen LogP contribution in [0.3, 0.4) is 0 Å². The van der Waals surface area contributed by atoms with E-state index >= 15 is 0 Å². The number of carbonyl (C=O) groups is 1. The molecule has 4 nitrogen and oxygen atoms in total.